The fourth-order valence-electron chi connectivity index (χ4n) is 4.86. The van der Waals surface area contributed by atoms with E-state index in [1.54, 1.807) is 0 Å². The number of anilines is 1. The highest BCUT2D eigenvalue weighted by molar-refractivity contribution is 5.99. The van der Waals surface area contributed by atoms with Crippen LogP contribution in [0.2, 0.25) is 0 Å². The highest BCUT2D eigenvalue weighted by atomic mass is 16.5. The van der Waals surface area contributed by atoms with Gasteiger partial charge in [0.05, 0.1) is 18.4 Å². The van der Waals surface area contributed by atoms with E-state index in [0.29, 0.717) is 5.56 Å². The summed E-state index contributed by atoms with van der Waals surface area (Å²) in [4.78, 5) is 14.9. The van der Waals surface area contributed by atoms with Gasteiger partial charge in [0.25, 0.3) is 0 Å². The summed E-state index contributed by atoms with van der Waals surface area (Å²) in [6, 6.07) is 24.5. The van der Waals surface area contributed by atoms with Gasteiger partial charge < -0.3 is 14.4 Å². The largest absolute Gasteiger partial charge is 0.465 e. The molecule has 33 heavy (non-hydrogen) atoms. The van der Waals surface area contributed by atoms with Crippen molar-refractivity contribution in [3.05, 3.63) is 89.5 Å². The average Bonchev–Trinajstić information content (AvgIpc) is 2.88. The molecular formula is C29H27NO3. The van der Waals surface area contributed by atoms with E-state index >= 15 is 0 Å². The highest BCUT2D eigenvalue weighted by Gasteiger charge is 2.27. The summed E-state index contributed by atoms with van der Waals surface area (Å²) in [6.07, 6.45) is 0.728. The number of fused-ring (bicyclic) bond motifs is 4. The molecule has 4 heteroatoms. The maximum atomic E-state index is 12.6. The van der Waals surface area contributed by atoms with Gasteiger partial charge in [0.2, 0.25) is 0 Å². The minimum absolute atomic E-state index is 0.338. The standard InChI is InChI=1S/C29H27NO3/c1-4-30(5-2)26-16-15-22(21-12-8-9-13-23(21)29(31)32-3)25-18-24-20-11-7-6-10-19(20)14-17-27(24)33-28(25)26/h6-17H,4-5,18H2,1-3H3. The van der Waals surface area contributed by atoms with Gasteiger partial charge in [-0.3, -0.25) is 0 Å². The zero-order valence-corrected chi connectivity index (χ0v) is 19.2. The van der Waals surface area contributed by atoms with Crippen LogP contribution in [0.4, 0.5) is 5.69 Å². The van der Waals surface area contributed by atoms with Gasteiger partial charge in [-0.15, -0.1) is 0 Å². The van der Waals surface area contributed by atoms with Crippen LogP contribution in [0.25, 0.3) is 21.9 Å². The number of nitrogens with zero attached hydrogens (tertiary/aromatic N) is 1. The lowest BCUT2D eigenvalue weighted by Crippen LogP contribution is -2.23. The molecule has 4 nitrogen and oxygen atoms in total. The maximum Gasteiger partial charge on any atom is 0.338 e. The number of esters is 1. The molecule has 0 saturated carbocycles. The molecule has 5 rings (SSSR count). The van der Waals surface area contributed by atoms with Crippen LogP contribution in [0.5, 0.6) is 11.5 Å². The number of benzene rings is 4. The molecule has 0 unspecified atom stereocenters. The van der Waals surface area contributed by atoms with E-state index < -0.39 is 0 Å². The van der Waals surface area contributed by atoms with Crippen molar-refractivity contribution in [3.8, 4) is 22.6 Å². The van der Waals surface area contributed by atoms with Crippen molar-refractivity contribution in [1.29, 1.82) is 0 Å². The first-order valence-corrected chi connectivity index (χ1v) is 11.4. The smallest absolute Gasteiger partial charge is 0.338 e. The highest BCUT2D eigenvalue weighted by Crippen LogP contribution is 2.48. The van der Waals surface area contributed by atoms with Crippen molar-refractivity contribution >= 4 is 22.4 Å². The van der Waals surface area contributed by atoms with Crippen molar-refractivity contribution in [3.63, 3.8) is 0 Å². The summed E-state index contributed by atoms with van der Waals surface area (Å²) in [5, 5.41) is 2.39. The van der Waals surface area contributed by atoms with E-state index in [2.05, 4.69) is 67.3 Å². The molecule has 0 amide bonds. The average molecular weight is 438 g/mol. The van der Waals surface area contributed by atoms with E-state index in [1.165, 1.54) is 23.4 Å². The first-order chi connectivity index (χ1) is 16.2. The van der Waals surface area contributed by atoms with Crippen molar-refractivity contribution in [2.45, 2.75) is 20.3 Å². The lowest BCUT2D eigenvalue weighted by atomic mass is 9.87. The summed E-state index contributed by atoms with van der Waals surface area (Å²) in [7, 11) is 1.42. The molecule has 0 spiro atoms. The Balaban J connectivity index is 1.76. The molecule has 1 heterocycles. The first-order valence-electron chi connectivity index (χ1n) is 11.4. The number of carbonyl (C=O) groups is 1. The van der Waals surface area contributed by atoms with Crippen molar-refractivity contribution in [2.75, 3.05) is 25.1 Å². The molecule has 1 aliphatic rings. The number of ether oxygens (including phenoxy) is 2. The monoisotopic (exact) mass is 437 g/mol. The van der Waals surface area contributed by atoms with Crippen LogP contribution in [-0.4, -0.2) is 26.2 Å². The third-order valence-electron chi connectivity index (χ3n) is 6.53. The van der Waals surface area contributed by atoms with Crippen LogP contribution < -0.4 is 9.64 Å². The van der Waals surface area contributed by atoms with Crippen molar-refractivity contribution in [2.24, 2.45) is 0 Å². The minimum atomic E-state index is -0.338. The van der Waals surface area contributed by atoms with Crippen LogP contribution in [-0.2, 0) is 11.2 Å². The summed E-state index contributed by atoms with van der Waals surface area (Å²) in [5.74, 6) is 1.43. The topological polar surface area (TPSA) is 38.8 Å². The molecule has 0 saturated heterocycles. The van der Waals surface area contributed by atoms with Crippen LogP contribution in [0.15, 0.2) is 72.8 Å². The number of methoxy groups -OCH3 is 1. The third-order valence-corrected chi connectivity index (χ3v) is 6.53. The zero-order valence-electron chi connectivity index (χ0n) is 19.2. The van der Waals surface area contributed by atoms with Gasteiger partial charge >= 0.3 is 5.97 Å². The van der Waals surface area contributed by atoms with Gasteiger partial charge in [0, 0.05) is 30.6 Å². The molecule has 4 aromatic rings. The fourth-order valence-corrected chi connectivity index (χ4v) is 4.86. The van der Waals surface area contributed by atoms with Crippen molar-refractivity contribution in [1.82, 2.24) is 0 Å². The Hall–Kier alpha value is -3.79. The summed E-state index contributed by atoms with van der Waals surface area (Å²) < 4.78 is 11.7. The van der Waals surface area contributed by atoms with Gasteiger partial charge in [-0.05, 0) is 53.9 Å². The maximum absolute atomic E-state index is 12.6. The molecule has 0 radical (unpaired) electrons. The van der Waals surface area contributed by atoms with Crippen LogP contribution in [0.3, 0.4) is 0 Å². The molecule has 0 aromatic heterocycles. The van der Waals surface area contributed by atoms with E-state index in [0.717, 1.165) is 53.4 Å². The summed E-state index contributed by atoms with van der Waals surface area (Å²) >= 11 is 0. The second kappa shape index (κ2) is 8.62. The SMILES string of the molecule is CCN(CC)c1ccc(-c2ccccc2C(=O)OC)c2c1Oc1ccc3ccccc3c1C2. The van der Waals surface area contributed by atoms with Crippen LogP contribution in [0.1, 0.15) is 35.3 Å². The summed E-state index contributed by atoms with van der Waals surface area (Å²) in [6.45, 7) is 6.07. The van der Waals surface area contributed by atoms with Gasteiger partial charge in [0.1, 0.15) is 5.75 Å². The Kier molecular flexibility index (Phi) is 5.51. The molecule has 4 aromatic carbocycles. The molecule has 0 aliphatic carbocycles. The number of hydrogen-bond donors (Lipinski definition) is 0. The molecule has 0 N–H and O–H groups in total. The number of carbonyl (C=O) groups excluding carboxylic acids is 1. The van der Waals surface area contributed by atoms with Gasteiger partial charge in [-0.1, -0.05) is 54.6 Å². The normalized spacial score (nSPS) is 12.0. The molecule has 1 aliphatic heterocycles. The lowest BCUT2D eigenvalue weighted by molar-refractivity contribution is 0.0601. The van der Waals surface area contributed by atoms with E-state index in [9.17, 15) is 4.79 Å². The minimum Gasteiger partial charge on any atom is -0.465 e. The number of hydrogen-bond acceptors (Lipinski definition) is 4. The quantitative estimate of drug-likeness (QED) is 0.282. The van der Waals surface area contributed by atoms with Crippen molar-refractivity contribution < 1.29 is 14.3 Å². The van der Waals surface area contributed by atoms with E-state index in [-0.39, 0.29) is 5.97 Å². The fraction of sp³-hybridized carbons (Fsp3) is 0.207. The summed E-state index contributed by atoms with van der Waals surface area (Å²) in [5.41, 5.74) is 5.77. The van der Waals surface area contributed by atoms with Gasteiger partial charge in [-0.2, -0.15) is 0 Å². The van der Waals surface area contributed by atoms with E-state index in [4.69, 9.17) is 9.47 Å². The van der Waals surface area contributed by atoms with Crippen LogP contribution >= 0.6 is 0 Å². The molecule has 0 atom stereocenters. The Bertz CT molecular complexity index is 1350. The second-order valence-electron chi connectivity index (χ2n) is 8.19. The Morgan fingerprint density at radius 2 is 1.64 bits per heavy atom. The van der Waals surface area contributed by atoms with Gasteiger partial charge in [0.15, 0.2) is 5.75 Å². The first kappa shape index (κ1) is 21.1. The number of rotatable bonds is 5. The Morgan fingerprint density at radius 3 is 2.42 bits per heavy atom. The Morgan fingerprint density at radius 1 is 0.879 bits per heavy atom. The van der Waals surface area contributed by atoms with Gasteiger partial charge in [-0.25, -0.2) is 4.79 Å². The molecule has 0 bridgehead atoms. The lowest BCUT2D eigenvalue weighted by Gasteiger charge is -2.31. The predicted octanol–water partition coefficient (Wildman–Crippen LogP) is 6.84. The second-order valence-corrected chi connectivity index (χ2v) is 8.19. The van der Waals surface area contributed by atoms with E-state index in [1.807, 2.05) is 24.3 Å². The predicted molar refractivity (Wildman–Crippen MR) is 134 cm³/mol. The molecule has 166 valence electrons. The molecule has 0 fully saturated rings. The van der Waals surface area contributed by atoms with Crippen LogP contribution in [0, 0.1) is 0 Å². The zero-order chi connectivity index (χ0) is 22.9. The molecular weight excluding hydrogens is 410 g/mol. The third kappa shape index (κ3) is 3.52. The Labute approximate surface area is 194 Å².